The minimum absolute atomic E-state index is 0.118. The van der Waals surface area contributed by atoms with Crippen molar-refractivity contribution in [1.82, 2.24) is 10.2 Å². The average Bonchev–Trinajstić information content (AvgIpc) is 2.79. The van der Waals surface area contributed by atoms with E-state index in [4.69, 9.17) is 38.1 Å². The van der Waals surface area contributed by atoms with Gasteiger partial charge in [-0.3, -0.25) is 0 Å². The lowest BCUT2D eigenvalue weighted by Gasteiger charge is -2.06. The van der Waals surface area contributed by atoms with Crippen molar-refractivity contribution in [3.63, 3.8) is 0 Å². The summed E-state index contributed by atoms with van der Waals surface area (Å²) in [4.78, 5) is 0. The molecule has 90 valence electrons. The van der Waals surface area contributed by atoms with E-state index in [0.717, 1.165) is 0 Å². The van der Waals surface area contributed by atoms with Gasteiger partial charge in [0, 0.05) is 0 Å². The van der Waals surface area contributed by atoms with Crippen molar-refractivity contribution in [2.24, 2.45) is 5.73 Å². The number of halogens is 2. The fraction of sp³-hybridized carbons (Fsp3) is 0.200. The number of nitrogens with zero attached hydrogens (tertiary/aromatic N) is 2. The van der Waals surface area contributed by atoms with E-state index < -0.39 is 0 Å². The molecule has 0 saturated carbocycles. The molecule has 0 spiro atoms. The van der Waals surface area contributed by atoms with Crippen LogP contribution in [0.25, 0.3) is 0 Å². The molecule has 0 amide bonds. The fourth-order valence-corrected chi connectivity index (χ4v) is 1.51. The molecule has 2 aromatic rings. The van der Waals surface area contributed by atoms with Gasteiger partial charge in [-0.15, -0.1) is 10.2 Å². The van der Waals surface area contributed by atoms with Crippen LogP contribution < -0.4 is 10.5 Å². The lowest BCUT2D eigenvalue weighted by atomic mass is 10.3. The van der Waals surface area contributed by atoms with Crippen LogP contribution in [0, 0.1) is 0 Å². The van der Waals surface area contributed by atoms with Crippen molar-refractivity contribution in [2.45, 2.75) is 13.2 Å². The molecule has 17 heavy (non-hydrogen) atoms. The third-order valence-electron chi connectivity index (χ3n) is 1.95. The Labute approximate surface area is 107 Å². The molecule has 0 atom stereocenters. The maximum absolute atomic E-state index is 5.95. The third kappa shape index (κ3) is 2.88. The molecular formula is C10H9Cl2N3O2. The molecule has 2 rings (SSSR count). The van der Waals surface area contributed by atoms with E-state index in [2.05, 4.69) is 10.2 Å². The van der Waals surface area contributed by atoms with Gasteiger partial charge in [-0.2, -0.15) is 0 Å². The molecule has 0 aliphatic rings. The van der Waals surface area contributed by atoms with Crippen molar-refractivity contribution >= 4 is 23.2 Å². The average molecular weight is 274 g/mol. The first-order valence-electron chi connectivity index (χ1n) is 4.79. The Balaban J connectivity index is 2.04. The molecular weight excluding hydrogens is 265 g/mol. The zero-order valence-electron chi connectivity index (χ0n) is 8.69. The molecule has 0 radical (unpaired) electrons. The molecule has 1 heterocycles. The molecule has 0 fully saturated rings. The summed E-state index contributed by atoms with van der Waals surface area (Å²) in [7, 11) is 0. The van der Waals surface area contributed by atoms with Gasteiger partial charge in [0.25, 0.3) is 5.89 Å². The molecule has 1 aromatic heterocycles. The quantitative estimate of drug-likeness (QED) is 0.926. The van der Waals surface area contributed by atoms with Crippen molar-refractivity contribution in [2.75, 3.05) is 0 Å². The smallest absolute Gasteiger partial charge is 0.253 e. The van der Waals surface area contributed by atoms with E-state index in [1.165, 1.54) is 0 Å². The van der Waals surface area contributed by atoms with Gasteiger partial charge in [-0.25, -0.2) is 0 Å². The first-order chi connectivity index (χ1) is 8.20. The first kappa shape index (κ1) is 12.2. The summed E-state index contributed by atoms with van der Waals surface area (Å²) in [6.07, 6.45) is 0. The van der Waals surface area contributed by atoms with Crippen LogP contribution in [0.4, 0.5) is 0 Å². The predicted octanol–water partition coefficient (Wildman–Crippen LogP) is 2.41. The maximum Gasteiger partial charge on any atom is 0.253 e. The summed E-state index contributed by atoms with van der Waals surface area (Å²) in [6.45, 7) is 0.317. The zero-order chi connectivity index (χ0) is 12.3. The van der Waals surface area contributed by atoms with Gasteiger partial charge in [-0.05, 0) is 12.1 Å². The second kappa shape index (κ2) is 5.35. The van der Waals surface area contributed by atoms with E-state index in [0.29, 0.717) is 27.6 Å². The Morgan fingerprint density at radius 1 is 1.24 bits per heavy atom. The molecule has 0 bridgehead atoms. The molecule has 0 aliphatic heterocycles. The lowest BCUT2D eigenvalue weighted by molar-refractivity contribution is 0.259. The van der Waals surface area contributed by atoms with E-state index in [-0.39, 0.29) is 13.2 Å². The highest BCUT2D eigenvalue weighted by atomic mass is 35.5. The molecule has 5 nitrogen and oxygen atoms in total. The van der Waals surface area contributed by atoms with E-state index in [1.54, 1.807) is 18.2 Å². The first-order valence-corrected chi connectivity index (χ1v) is 5.54. The van der Waals surface area contributed by atoms with E-state index >= 15 is 0 Å². The highest BCUT2D eigenvalue weighted by molar-refractivity contribution is 6.42. The Morgan fingerprint density at radius 3 is 2.71 bits per heavy atom. The van der Waals surface area contributed by atoms with Crippen LogP contribution in [0.2, 0.25) is 10.0 Å². The minimum Gasteiger partial charge on any atom is -0.482 e. The highest BCUT2D eigenvalue weighted by Gasteiger charge is 2.08. The molecule has 0 aliphatic carbocycles. The summed E-state index contributed by atoms with van der Waals surface area (Å²) in [5.41, 5.74) is 5.34. The van der Waals surface area contributed by atoms with Crippen molar-refractivity contribution < 1.29 is 9.15 Å². The van der Waals surface area contributed by atoms with Gasteiger partial charge in [0.2, 0.25) is 5.89 Å². The number of benzene rings is 1. The number of hydrogen-bond acceptors (Lipinski definition) is 5. The van der Waals surface area contributed by atoms with Crippen LogP contribution in [0.15, 0.2) is 22.6 Å². The van der Waals surface area contributed by atoms with Gasteiger partial charge in [-0.1, -0.05) is 29.3 Å². The van der Waals surface area contributed by atoms with Crippen LogP contribution in [0.1, 0.15) is 11.8 Å². The van der Waals surface area contributed by atoms with Crippen molar-refractivity contribution in [3.05, 3.63) is 40.0 Å². The molecule has 1 aromatic carbocycles. The monoisotopic (exact) mass is 273 g/mol. The molecule has 0 unspecified atom stereocenters. The Bertz CT molecular complexity index is 516. The largest absolute Gasteiger partial charge is 0.482 e. The second-order valence-electron chi connectivity index (χ2n) is 3.13. The van der Waals surface area contributed by atoms with Crippen molar-refractivity contribution in [1.29, 1.82) is 0 Å². The Morgan fingerprint density at radius 2 is 2.00 bits per heavy atom. The number of nitrogens with two attached hydrogens (primary N) is 1. The Hall–Kier alpha value is -1.30. The summed E-state index contributed by atoms with van der Waals surface area (Å²) in [5, 5.41) is 8.25. The van der Waals surface area contributed by atoms with Crippen LogP contribution in [0.5, 0.6) is 5.75 Å². The molecule has 2 N–H and O–H groups in total. The summed E-state index contributed by atoms with van der Waals surface area (Å²) >= 11 is 11.8. The summed E-state index contributed by atoms with van der Waals surface area (Å²) in [5.74, 6) is 1.16. The summed E-state index contributed by atoms with van der Waals surface area (Å²) in [6, 6.07) is 5.12. The fourth-order valence-electron chi connectivity index (χ4n) is 1.16. The van der Waals surface area contributed by atoms with Crippen LogP contribution >= 0.6 is 23.2 Å². The SMILES string of the molecule is NCc1nnc(COc2cccc(Cl)c2Cl)o1. The van der Waals surface area contributed by atoms with Gasteiger partial charge in [0.15, 0.2) is 6.61 Å². The van der Waals surface area contributed by atoms with Gasteiger partial charge in [0.05, 0.1) is 11.6 Å². The van der Waals surface area contributed by atoms with E-state index in [1.807, 2.05) is 0 Å². The Kier molecular flexibility index (Phi) is 3.83. The maximum atomic E-state index is 5.95. The van der Waals surface area contributed by atoms with Crippen LogP contribution in [-0.4, -0.2) is 10.2 Å². The molecule has 0 saturated heterocycles. The second-order valence-corrected chi connectivity index (χ2v) is 3.92. The van der Waals surface area contributed by atoms with Gasteiger partial charge < -0.3 is 14.9 Å². The van der Waals surface area contributed by atoms with E-state index in [9.17, 15) is 0 Å². The number of aromatic nitrogens is 2. The number of rotatable bonds is 4. The normalized spacial score (nSPS) is 10.5. The zero-order valence-corrected chi connectivity index (χ0v) is 10.2. The third-order valence-corrected chi connectivity index (χ3v) is 2.75. The number of ether oxygens (including phenoxy) is 1. The van der Waals surface area contributed by atoms with Crippen LogP contribution in [-0.2, 0) is 13.2 Å². The van der Waals surface area contributed by atoms with Gasteiger partial charge in [0.1, 0.15) is 10.8 Å². The number of hydrogen-bond donors (Lipinski definition) is 1. The lowest BCUT2D eigenvalue weighted by Crippen LogP contribution is -1.96. The predicted molar refractivity (Wildman–Crippen MR) is 63.0 cm³/mol. The van der Waals surface area contributed by atoms with Gasteiger partial charge >= 0.3 is 0 Å². The summed E-state index contributed by atoms with van der Waals surface area (Å²) < 4.78 is 10.6. The molecule has 7 heteroatoms. The topological polar surface area (TPSA) is 74.2 Å². The minimum atomic E-state index is 0.118. The van der Waals surface area contributed by atoms with Crippen molar-refractivity contribution in [3.8, 4) is 5.75 Å². The van der Waals surface area contributed by atoms with Crippen LogP contribution in [0.3, 0.4) is 0 Å². The standard InChI is InChI=1S/C10H9Cl2N3O2/c11-6-2-1-3-7(10(6)12)16-5-9-15-14-8(4-13)17-9/h1-3H,4-5,13H2. The highest BCUT2D eigenvalue weighted by Crippen LogP contribution is 2.31.